The van der Waals surface area contributed by atoms with Crippen LogP contribution in [0.2, 0.25) is 0 Å². The highest BCUT2D eigenvalue weighted by Crippen LogP contribution is 2.17. The Morgan fingerprint density at radius 2 is 1.53 bits per heavy atom. The summed E-state index contributed by atoms with van der Waals surface area (Å²) in [5, 5.41) is 3.73. The molecule has 0 aromatic heterocycles. The van der Waals surface area contributed by atoms with Gasteiger partial charge in [-0.05, 0) is 31.6 Å². The Labute approximate surface area is 125 Å². The van der Waals surface area contributed by atoms with Gasteiger partial charge in [-0.1, -0.05) is 64.7 Å². The second-order valence-corrected chi connectivity index (χ2v) is 7.20. The highest BCUT2D eigenvalue weighted by atomic mass is 32.2. The fourth-order valence-electron chi connectivity index (χ4n) is 2.82. The Kier molecular flexibility index (Phi) is 12.2. The highest BCUT2D eigenvalue weighted by Gasteiger charge is 2.11. The fourth-order valence-corrected chi connectivity index (χ4v) is 3.93. The third kappa shape index (κ3) is 10.7. The van der Waals surface area contributed by atoms with E-state index >= 15 is 0 Å². The first kappa shape index (κ1) is 17.4. The Hall–Kier alpha value is 0.310. The van der Waals surface area contributed by atoms with E-state index in [0.717, 1.165) is 6.04 Å². The zero-order valence-corrected chi connectivity index (χ0v) is 13.9. The molecule has 1 N–H and O–H groups in total. The number of hydrogen-bond acceptors (Lipinski definition) is 2. The van der Waals surface area contributed by atoms with Gasteiger partial charge in [0.2, 0.25) is 0 Å². The van der Waals surface area contributed by atoms with Gasteiger partial charge in [0.15, 0.2) is 0 Å². The van der Waals surface area contributed by atoms with Crippen molar-refractivity contribution in [1.29, 1.82) is 0 Å². The smallest absolute Gasteiger partial charge is 0.0158 e. The van der Waals surface area contributed by atoms with Crippen molar-refractivity contribution in [2.75, 3.05) is 18.1 Å². The predicted molar refractivity (Wildman–Crippen MR) is 90.2 cm³/mol. The minimum absolute atomic E-state index is 0.817. The zero-order chi connectivity index (χ0) is 13.6. The summed E-state index contributed by atoms with van der Waals surface area (Å²) >= 11 is 2.12. The van der Waals surface area contributed by atoms with Gasteiger partial charge in [-0.3, -0.25) is 0 Å². The summed E-state index contributed by atoms with van der Waals surface area (Å²) in [7, 11) is 0. The van der Waals surface area contributed by atoms with E-state index in [4.69, 9.17) is 0 Å². The van der Waals surface area contributed by atoms with Gasteiger partial charge in [0.1, 0.15) is 0 Å². The van der Waals surface area contributed by atoms with Gasteiger partial charge in [0.25, 0.3) is 0 Å². The number of thioether (sulfide) groups is 1. The summed E-state index contributed by atoms with van der Waals surface area (Å²) in [5.74, 6) is 2.73. The second kappa shape index (κ2) is 13.3. The van der Waals surface area contributed by atoms with E-state index < -0.39 is 0 Å². The number of hydrogen-bond donors (Lipinski definition) is 1. The van der Waals surface area contributed by atoms with Crippen molar-refractivity contribution in [3.8, 4) is 0 Å². The van der Waals surface area contributed by atoms with E-state index in [1.807, 2.05) is 0 Å². The van der Waals surface area contributed by atoms with E-state index in [9.17, 15) is 0 Å². The molecule has 0 aliphatic carbocycles. The lowest BCUT2D eigenvalue weighted by molar-refractivity contribution is 0.484. The molecule has 1 rings (SSSR count). The SMILES string of the molecule is CCCCCCCCCCCCNC1CCCSC1. The molecule has 2 heteroatoms. The van der Waals surface area contributed by atoms with Crippen LogP contribution in [0.15, 0.2) is 0 Å². The van der Waals surface area contributed by atoms with Crippen LogP contribution >= 0.6 is 11.8 Å². The van der Waals surface area contributed by atoms with Gasteiger partial charge in [0, 0.05) is 11.8 Å². The average molecular weight is 286 g/mol. The Morgan fingerprint density at radius 1 is 0.895 bits per heavy atom. The first-order valence-electron chi connectivity index (χ1n) is 8.74. The molecule has 0 bridgehead atoms. The highest BCUT2D eigenvalue weighted by molar-refractivity contribution is 7.99. The molecule has 1 aliphatic heterocycles. The van der Waals surface area contributed by atoms with Crippen LogP contribution in [0.25, 0.3) is 0 Å². The molecule has 19 heavy (non-hydrogen) atoms. The predicted octanol–water partition coefficient (Wildman–Crippen LogP) is 5.39. The van der Waals surface area contributed by atoms with Gasteiger partial charge in [-0.15, -0.1) is 0 Å². The first-order valence-corrected chi connectivity index (χ1v) is 9.90. The maximum atomic E-state index is 3.73. The van der Waals surface area contributed by atoms with E-state index in [1.165, 1.54) is 95.1 Å². The molecule has 0 spiro atoms. The van der Waals surface area contributed by atoms with Gasteiger partial charge in [-0.25, -0.2) is 0 Å². The Bertz CT molecular complexity index is 178. The summed E-state index contributed by atoms with van der Waals surface area (Å²) in [6.45, 7) is 3.54. The monoisotopic (exact) mass is 285 g/mol. The van der Waals surface area contributed by atoms with Crippen LogP contribution in [0.5, 0.6) is 0 Å². The lowest BCUT2D eigenvalue weighted by atomic mass is 10.1. The van der Waals surface area contributed by atoms with Crippen LogP contribution < -0.4 is 5.32 Å². The number of rotatable bonds is 12. The lowest BCUT2D eigenvalue weighted by Gasteiger charge is -2.22. The third-order valence-corrected chi connectivity index (χ3v) is 5.34. The zero-order valence-electron chi connectivity index (χ0n) is 13.1. The average Bonchev–Trinajstić information content (AvgIpc) is 2.46. The molecule has 1 atom stereocenters. The summed E-state index contributed by atoms with van der Waals surface area (Å²) in [5.41, 5.74) is 0. The topological polar surface area (TPSA) is 12.0 Å². The van der Waals surface area contributed by atoms with Crippen molar-refractivity contribution in [2.24, 2.45) is 0 Å². The Balaban J connectivity index is 1.71. The summed E-state index contributed by atoms with van der Waals surface area (Å²) in [6, 6.07) is 0.817. The molecular weight excluding hydrogens is 250 g/mol. The fraction of sp³-hybridized carbons (Fsp3) is 1.00. The van der Waals surface area contributed by atoms with E-state index in [0.29, 0.717) is 0 Å². The van der Waals surface area contributed by atoms with E-state index in [1.54, 1.807) is 0 Å². The lowest BCUT2D eigenvalue weighted by Crippen LogP contribution is -2.34. The number of nitrogens with one attached hydrogen (secondary N) is 1. The van der Waals surface area contributed by atoms with Crippen molar-refractivity contribution in [3.63, 3.8) is 0 Å². The molecule has 0 aromatic rings. The number of unbranched alkanes of at least 4 members (excludes halogenated alkanes) is 9. The second-order valence-electron chi connectivity index (χ2n) is 6.05. The minimum atomic E-state index is 0.817. The van der Waals surface area contributed by atoms with Crippen molar-refractivity contribution in [3.05, 3.63) is 0 Å². The van der Waals surface area contributed by atoms with Gasteiger partial charge < -0.3 is 5.32 Å². The van der Waals surface area contributed by atoms with Crippen LogP contribution in [0.1, 0.15) is 84.0 Å². The normalized spacial score (nSPS) is 19.7. The van der Waals surface area contributed by atoms with Gasteiger partial charge >= 0.3 is 0 Å². The molecule has 1 saturated heterocycles. The molecule has 114 valence electrons. The van der Waals surface area contributed by atoms with Gasteiger partial charge in [-0.2, -0.15) is 11.8 Å². The van der Waals surface area contributed by atoms with Gasteiger partial charge in [0.05, 0.1) is 0 Å². The summed E-state index contributed by atoms with van der Waals surface area (Å²) < 4.78 is 0. The quantitative estimate of drug-likeness (QED) is 0.482. The summed E-state index contributed by atoms with van der Waals surface area (Å²) in [4.78, 5) is 0. The van der Waals surface area contributed by atoms with Crippen LogP contribution in [-0.2, 0) is 0 Å². The molecule has 0 aromatic carbocycles. The maximum Gasteiger partial charge on any atom is 0.0158 e. The summed E-state index contributed by atoms with van der Waals surface area (Å²) in [6.07, 6.45) is 17.2. The van der Waals surface area contributed by atoms with Crippen LogP contribution in [-0.4, -0.2) is 24.1 Å². The molecule has 0 radical (unpaired) electrons. The molecule has 1 heterocycles. The van der Waals surface area contributed by atoms with Crippen LogP contribution in [0.3, 0.4) is 0 Å². The van der Waals surface area contributed by atoms with Crippen LogP contribution in [0.4, 0.5) is 0 Å². The molecule has 1 aliphatic rings. The molecule has 1 unspecified atom stereocenters. The van der Waals surface area contributed by atoms with E-state index in [-0.39, 0.29) is 0 Å². The van der Waals surface area contributed by atoms with Crippen molar-refractivity contribution in [1.82, 2.24) is 5.32 Å². The largest absolute Gasteiger partial charge is 0.313 e. The first-order chi connectivity index (χ1) is 9.43. The Morgan fingerprint density at radius 3 is 2.11 bits per heavy atom. The molecule has 1 fully saturated rings. The molecule has 0 saturated carbocycles. The van der Waals surface area contributed by atoms with Crippen molar-refractivity contribution >= 4 is 11.8 Å². The molecule has 0 amide bonds. The van der Waals surface area contributed by atoms with Crippen molar-refractivity contribution < 1.29 is 0 Å². The molecule has 1 nitrogen and oxygen atoms in total. The van der Waals surface area contributed by atoms with E-state index in [2.05, 4.69) is 24.0 Å². The van der Waals surface area contributed by atoms with Crippen molar-refractivity contribution in [2.45, 2.75) is 90.0 Å². The van der Waals surface area contributed by atoms with Crippen LogP contribution in [0, 0.1) is 0 Å². The third-order valence-electron chi connectivity index (χ3n) is 4.12. The standard InChI is InChI=1S/C17H35NS/c1-2-3-4-5-6-7-8-9-10-11-14-18-17-13-12-15-19-16-17/h17-18H,2-16H2,1H3. The maximum absolute atomic E-state index is 3.73. The molecular formula is C17H35NS. The minimum Gasteiger partial charge on any atom is -0.313 e.